The molecule has 1 unspecified atom stereocenters. The van der Waals surface area contributed by atoms with Crippen LogP contribution in [0.25, 0.3) is 0 Å². The molecule has 1 aliphatic carbocycles. The molecule has 3 atom stereocenters. The topological polar surface area (TPSA) is 61.4 Å². The van der Waals surface area contributed by atoms with Crippen LogP contribution in [-0.2, 0) is 4.79 Å². The molecular formula is C12H24N2O2. The minimum atomic E-state index is -0.296. The van der Waals surface area contributed by atoms with E-state index in [2.05, 4.69) is 10.6 Å². The number of rotatable bonds is 5. The lowest BCUT2D eigenvalue weighted by atomic mass is 9.92. The van der Waals surface area contributed by atoms with Crippen molar-refractivity contribution in [2.24, 2.45) is 0 Å². The quantitative estimate of drug-likeness (QED) is 0.652. The van der Waals surface area contributed by atoms with Crippen LogP contribution in [-0.4, -0.2) is 35.7 Å². The van der Waals surface area contributed by atoms with Crippen LogP contribution in [0, 0.1) is 0 Å². The second-order valence-corrected chi connectivity index (χ2v) is 4.64. The van der Waals surface area contributed by atoms with Crippen molar-refractivity contribution in [2.45, 2.75) is 64.1 Å². The number of aliphatic hydroxyl groups excluding tert-OH is 1. The minimum Gasteiger partial charge on any atom is -0.392 e. The summed E-state index contributed by atoms with van der Waals surface area (Å²) in [5.74, 6) is 0.0274. The van der Waals surface area contributed by atoms with Gasteiger partial charge < -0.3 is 15.7 Å². The van der Waals surface area contributed by atoms with Crippen LogP contribution in [0.1, 0.15) is 46.0 Å². The monoisotopic (exact) mass is 228 g/mol. The molecule has 0 aliphatic heterocycles. The van der Waals surface area contributed by atoms with Gasteiger partial charge in [0.25, 0.3) is 0 Å². The van der Waals surface area contributed by atoms with Gasteiger partial charge in [-0.1, -0.05) is 19.8 Å². The van der Waals surface area contributed by atoms with E-state index in [1.54, 1.807) is 0 Å². The SMILES string of the molecule is CCCNC(=O)C(C)N[C@@H]1CCCC[C@H]1O. The maximum absolute atomic E-state index is 11.6. The average molecular weight is 228 g/mol. The fraction of sp³-hybridized carbons (Fsp3) is 0.917. The predicted octanol–water partition coefficient (Wildman–Crippen LogP) is 0.794. The third kappa shape index (κ3) is 4.10. The summed E-state index contributed by atoms with van der Waals surface area (Å²) < 4.78 is 0. The normalized spacial score (nSPS) is 27.4. The third-order valence-electron chi connectivity index (χ3n) is 3.14. The molecule has 16 heavy (non-hydrogen) atoms. The van der Waals surface area contributed by atoms with Gasteiger partial charge in [0.2, 0.25) is 5.91 Å². The molecule has 0 radical (unpaired) electrons. The standard InChI is InChI=1S/C12H24N2O2/c1-3-8-13-12(16)9(2)14-10-6-4-5-7-11(10)15/h9-11,14-15H,3-8H2,1-2H3,(H,13,16)/t9?,10-,11-/m1/s1. The van der Waals surface area contributed by atoms with Gasteiger partial charge in [0.15, 0.2) is 0 Å². The Balaban J connectivity index is 2.31. The van der Waals surface area contributed by atoms with Crippen LogP contribution in [0.2, 0.25) is 0 Å². The van der Waals surface area contributed by atoms with E-state index in [9.17, 15) is 9.90 Å². The van der Waals surface area contributed by atoms with E-state index in [4.69, 9.17) is 0 Å². The summed E-state index contributed by atoms with van der Waals surface area (Å²) in [6, 6.07) is -0.138. The number of carbonyl (C=O) groups is 1. The van der Waals surface area contributed by atoms with E-state index >= 15 is 0 Å². The molecule has 0 aromatic carbocycles. The van der Waals surface area contributed by atoms with Crippen molar-refractivity contribution in [2.75, 3.05) is 6.54 Å². The van der Waals surface area contributed by atoms with Gasteiger partial charge in [-0.25, -0.2) is 0 Å². The Morgan fingerprint density at radius 3 is 2.75 bits per heavy atom. The highest BCUT2D eigenvalue weighted by Gasteiger charge is 2.25. The van der Waals surface area contributed by atoms with Crippen LogP contribution < -0.4 is 10.6 Å². The number of aliphatic hydroxyl groups is 1. The Bertz CT molecular complexity index is 221. The largest absolute Gasteiger partial charge is 0.392 e. The lowest BCUT2D eigenvalue weighted by Crippen LogP contribution is -2.51. The zero-order chi connectivity index (χ0) is 12.0. The second kappa shape index (κ2) is 6.86. The Labute approximate surface area is 97.8 Å². The Kier molecular flexibility index (Phi) is 5.77. The van der Waals surface area contributed by atoms with Gasteiger partial charge in [0.05, 0.1) is 12.1 Å². The van der Waals surface area contributed by atoms with E-state index in [1.165, 1.54) is 0 Å². The van der Waals surface area contributed by atoms with Crippen molar-refractivity contribution >= 4 is 5.91 Å². The summed E-state index contributed by atoms with van der Waals surface area (Å²) in [5.41, 5.74) is 0. The van der Waals surface area contributed by atoms with Crippen LogP contribution in [0.3, 0.4) is 0 Å². The van der Waals surface area contributed by atoms with Gasteiger partial charge >= 0.3 is 0 Å². The number of carbonyl (C=O) groups excluding carboxylic acids is 1. The van der Waals surface area contributed by atoms with Gasteiger partial charge in [-0.2, -0.15) is 0 Å². The highest BCUT2D eigenvalue weighted by molar-refractivity contribution is 5.81. The van der Waals surface area contributed by atoms with Gasteiger partial charge in [0, 0.05) is 12.6 Å². The van der Waals surface area contributed by atoms with Crippen LogP contribution in [0.4, 0.5) is 0 Å². The fourth-order valence-electron chi connectivity index (χ4n) is 2.10. The molecule has 0 aromatic heterocycles. The average Bonchev–Trinajstić information content (AvgIpc) is 2.28. The van der Waals surface area contributed by atoms with Crippen LogP contribution >= 0.6 is 0 Å². The van der Waals surface area contributed by atoms with Gasteiger partial charge in [-0.3, -0.25) is 4.79 Å². The fourth-order valence-corrected chi connectivity index (χ4v) is 2.10. The van der Waals surface area contributed by atoms with E-state index in [0.29, 0.717) is 0 Å². The molecule has 0 aromatic rings. The first kappa shape index (κ1) is 13.5. The van der Waals surface area contributed by atoms with Crippen LogP contribution in [0.15, 0.2) is 0 Å². The van der Waals surface area contributed by atoms with Crippen molar-refractivity contribution in [3.8, 4) is 0 Å². The maximum atomic E-state index is 11.6. The molecule has 1 amide bonds. The van der Waals surface area contributed by atoms with Gasteiger partial charge in [-0.05, 0) is 26.2 Å². The molecule has 0 bridgehead atoms. The molecule has 1 rings (SSSR count). The Morgan fingerprint density at radius 2 is 2.12 bits per heavy atom. The Morgan fingerprint density at radius 1 is 1.44 bits per heavy atom. The number of hydrogen-bond donors (Lipinski definition) is 3. The highest BCUT2D eigenvalue weighted by atomic mass is 16.3. The summed E-state index contributed by atoms with van der Waals surface area (Å²) in [5, 5.41) is 15.9. The van der Waals surface area contributed by atoms with E-state index < -0.39 is 0 Å². The van der Waals surface area contributed by atoms with Crippen molar-refractivity contribution in [3.05, 3.63) is 0 Å². The van der Waals surface area contributed by atoms with Crippen LogP contribution in [0.5, 0.6) is 0 Å². The Hall–Kier alpha value is -0.610. The first-order valence-corrected chi connectivity index (χ1v) is 6.37. The molecule has 0 heterocycles. The summed E-state index contributed by atoms with van der Waals surface area (Å²) in [7, 11) is 0. The zero-order valence-electron chi connectivity index (χ0n) is 10.3. The second-order valence-electron chi connectivity index (χ2n) is 4.64. The van der Waals surface area contributed by atoms with Crippen molar-refractivity contribution < 1.29 is 9.90 Å². The van der Waals surface area contributed by atoms with Gasteiger partial charge in [0.1, 0.15) is 0 Å². The maximum Gasteiger partial charge on any atom is 0.236 e. The summed E-state index contributed by atoms with van der Waals surface area (Å²) >= 11 is 0. The predicted molar refractivity (Wildman–Crippen MR) is 64.2 cm³/mol. The molecule has 0 spiro atoms. The number of hydrogen-bond acceptors (Lipinski definition) is 3. The minimum absolute atomic E-state index is 0.0274. The lowest BCUT2D eigenvalue weighted by Gasteiger charge is -2.30. The highest BCUT2D eigenvalue weighted by Crippen LogP contribution is 2.18. The summed E-state index contributed by atoms with van der Waals surface area (Å²) in [6.45, 7) is 4.60. The summed E-state index contributed by atoms with van der Waals surface area (Å²) in [4.78, 5) is 11.6. The van der Waals surface area contributed by atoms with Crippen molar-refractivity contribution in [3.63, 3.8) is 0 Å². The summed E-state index contributed by atoms with van der Waals surface area (Å²) in [6.07, 6.45) is 4.70. The molecule has 1 aliphatic rings. The molecule has 94 valence electrons. The molecular weight excluding hydrogens is 204 g/mol. The number of nitrogens with one attached hydrogen (secondary N) is 2. The first-order chi connectivity index (χ1) is 7.65. The van der Waals surface area contributed by atoms with E-state index in [0.717, 1.165) is 38.6 Å². The molecule has 0 saturated heterocycles. The first-order valence-electron chi connectivity index (χ1n) is 6.37. The van der Waals surface area contributed by atoms with Crippen molar-refractivity contribution in [1.82, 2.24) is 10.6 Å². The molecule has 1 saturated carbocycles. The van der Waals surface area contributed by atoms with E-state index in [-0.39, 0.29) is 24.1 Å². The molecule has 3 N–H and O–H groups in total. The molecule has 4 heteroatoms. The lowest BCUT2D eigenvalue weighted by molar-refractivity contribution is -0.123. The molecule has 1 fully saturated rings. The third-order valence-corrected chi connectivity index (χ3v) is 3.14. The number of amides is 1. The van der Waals surface area contributed by atoms with Gasteiger partial charge in [-0.15, -0.1) is 0 Å². The van der Waals surface area contributed by atoms with E-state index in [1.807, 2.05) is 13.8 Å². The smallest absolute Gasteiger partial charge is 0.236 e. The van der Waals surface area contributed by atoms with Crippen molar-refractivity contribution in [1.29, 1.82) is 0 Å². The zero-order valence-corrected chi connectivity index (χ0v) is 10.3. The molecule has 4 nitrogen and oxygen atoms in total.